The lowest BCUT2D eigenvalue weighted by molar-refractivity contribution is -0.122. The molecule has 1 aromatic heterocycles. The van der Waals surface area contributed by atoms with Crippen LogP contribution in [-0.2, 0) is 16.0 Å². The molecule has 0 aliphatic heterocycles. The van der Waals surface area contributed by atoms with Crippen molar-refractivity contribution in [2.45, 2.75) is 32.6 Å². The molecular weight excluding hydrogens is 322 g/mol. The number of anilines is 1. The van der Waals surface area contributed by atoms with Gasteiger partial charge in [0.25, 0.3) is 0 Å². The Bertz CT molecular complexity index is 720. The maximum Gasteiger partial charge on any atom is 0.229 e. The summed E-state index contributed by atoms with van der Waals surface area (Å²) in [6.07, 6.45) is 3.93. The number of carbonyl (C=O) groups excluding carboxylic acids is 2. The van der Waals surface area contributed by atoms with Crippen LogP contribution in [0.25, 0.3) is 11.3 Å². The van der Waals surface area contributed by atoms with Gasteiger partial charge in [-0.1, -0.05) is 30.7 Å². The molecule has 0 unspecified atom stereocenters. The van der Waals surface area contributed by atoms with E-state index in [0.29, 0.717) is 11.7 Å². The summed E-state index contributed by atoms with van der Waals surface area (Å²) < 4.78 is 0. The van der Waals surface area contributed by atoms with E-state index in [2.05, 4.69) is 15.6 Å². The van der Waals surface area contributed by atoms with Crippen molar-refractivity contribution in [2.24, 2.45) is 5.92 Å². The molecule has 1 aliphatic rings. The Balaban J connectivity index is 1.58. The van der Waals surface area contributed by atoms with Gasteiger partial charge in [0.15, 0.2) is 5.13 Å². The number of amides is 2. The van der Waals surface area contributed by atoms with E-state index in [1.165, 1.54) is 23.8 Å². The molecule has 0 atom stereocenters. The predicted molar refractivity (Wildman–Crippen MR) is 95.9 cm³/mol. The Labute approximate surface area is 145 Å². The summed E-state index contributed by atoms with van der Waals surface area (Å²) in [6.45, 7) is 2.16. The quantitative estimate of drug-likeness (QED) is 0.846. The third-order valence-electron chi connectivity index (χ3n) is 4.25. The topological polar surface area (TPSA) is 71.1 Å². The van der Waals surface area contributed by atoms with Gasteiger partial charge in [0.2, 0.25) is 11.8 Å². The van der Waals surface area contributed by atoms with Gasteiger partial charge in [0, 0.05) is 30.3 Å². The highest BCUT2D eigenvalue weighted by Crippen LogP contribution is 2.29. The van der Waals surface area contributed by atoms with E-state index in [1.807, 2.05) is 29.6 Å². The Kier molecular flexibility index (Phi) is 5.25. The number of aromatic nitrogens is 1. The smallest absolute Gasteiger partial charge is 0.229 e. The van der Waals surface area contributed by atoms with E-state index in [-0.39, 0.29) is 17.7 Å². The summed E-state index contributed by atoms with van der Waals surface area (Å²) in [7, 11) is 0. The monoisotopic (exact) mass is 343 g/mol. The Morgan fingerprint density at radius 3 is 2.62 bits per heavy atom. The van der Waals surface area contributed by atoms with Crippen molar-refractivity contribution in [1.82, 2.24) is 10.3 Å². The molecule has 2 N–H and O–H groups in total. The van der Waals surface area contributed by atoms with E-state index >= 15 is 0 Å². The molecule has 5 nitrogen and oxygen atoms in total. The summed E-state index contributed by atoms with van der Waals surface area (Å²) in [4.78, 5) is 27.3. The van der Waals surface area contributed by atoms with Gasteiger partial charge in [-0.3, -0.25) is 9.59 Å². The number of thiazole rings is 1. The largest absolute Gasteiger partial charge is 0.356 e. The number of carbonyl (C=O) groups is 2. The van der Waals surface area contributed by atoms with Crippen LogP contribution in [0.1, 0.15) is 31.7 Å². The molecule has 6 heteroatoms. The second-order valence-corrected chi connectivity index (χ2v) is 6.94. The van der Waals surface area contributed by atoms with E-state index in [4.69, 9.17) is 0 Å². The van der Waals surface area contributed by atoms with Crippen LogP contribution < -0.4 is 10.6 Å². The summed E-state index contributed by atoms with van der Waals surface area (Å²) in [5.41, 5.74) is 3.07. The van der Waals surface area contributed by atoms with Gasteiger partial charge in [-0.15, -0.1) is 11.3 Å². The number of rotatable bonds is 6. The van der Waals surface area contributed by atoms with Gasteiger partial charge >= 0.3 is 0 Å². The van der Waals surface area contributed by atoms with Crippen LogP contribution in [0.2, 0.25) is 0 Å². The lowest BCUT2D eigenvalue weighted by Crippen LogP contribution is -2.27. The number of benzene rings is 1. The Hall–Kier alpha value is -2.21. The van der Waals surface area contributed by atoms with Gasteiger partial charge in [-0.25, -0.2) is 4.98 Å². The molecule has 0 saturated heterocycles. The average Bonchev–Trinajstić information content (AvgIpc) is 2.94. The van der Waals surface area contributed by atoms with Crippen molar-refractivity contribution in [1.29, 1.82) is 0 Å². The molecule has 126 valence electrons. The molecular formula is C18H21N3O2S. The zero-order valence-corrected chi connectivity index (χ0v) is 14.5. The molecule has 1 aromatic carbocycles. The van der Waals surface area contributed by atoms with Crippen LogP contribution in [0, 0.1) is 5.92 Å². The van der Waals surface area contributed by atoms with Crippen molar-refractivity contribution >= 4 is 28.3 Å². The zero-order valence-electron chi connectivity index (χ0n) is 13.7. The van der Waals surface area contributed by atoms with Crippen molar-refractivity contribution in [3.63, 3.8) is 0 Å². The van der Waals surface area contributed by atoms with Gasteiger partial charge in [0.05, 0.1) is 5.69 Å². The normalized spacial score (nSPS) is 14.0. The summed E-state index contributed by atoms with van der Waals surface area (Å²) in [5, 5.41) is 8.33. The van der Waals surface area contributed by atoms with Crippen molar-refractivity contribution < 1.29 is 9.59 Å². The lowest BCUT2D eigenvalue weighted by Gasteiger charge is -2.23. The van der Waals surface area contributed by atoms with Crippen LogP contribution >= 0.6 is 11.3 Å². The maximum absolute atomic E-state index is 12.0. The van der Waals surface area contributed by atoms with Gasteiger partial charge in [-0.2, -0.15) is 0 Å². The fraction of sp³-hybridized carbons (Fsp3) is 0.389. The fourth-order valence-electron chi connectivity index (χ4n) is 2.57. The first-order valence-electron chi connectivity index (χ1n) is 8.22. The van der Waals surface area contributed by atoms with E-state index < -0.39 is 0 Å². The van der Waals surface area contributed by atoms with E-state index in [0.717, 1.165) is 36.9 Å². The lowest BCUT2D eigenvalue weighted by atomic mass is 9.85. The minimum absolute atomic E-state index is 0.00873. The van der Waals surface area contributed by atoms with Gasteiger partial charge < -0.3 is 10.6 Å². The second-order valence-electron chi connectivity index (χ2n) is 6.08. The highest BCUT2D eigenvalue weighted by Gasteiger charge is 2.25. The van der Waals surface area contributed by atoms with Crippen LogP contribution in [-0.4, -0.2) is 23.3 Å². The molecule has 2 aromatic rings. The summed E-state index contributed by atoms with van der Waals surface area (Å²) in [6, 6.07) is 8.14. The first-order chi connectivity index (χ1) is 11.6. The number of hydrogen-bond acceptors (Lipinski definition) is 4. The minimum Gasteiger partial charge on any atom is -0.356 e. The number of hydrogen-bond donors (Lipinski definition) is 2. The molecule has 1 fully saturated rings. The third kappa shape index (κ3) is 4.20. The fourth-order valence-corrected chi connectivity index (χ4v) is 3.29. The molecule has 0 spiro atoms. The number of nitrogens with zero attached hydrogens (tertiary/aromatic N) is 1. The summed E-state index contributed by atoms with van der Waals surface area (Å²) >= 11 is 1.46. The van der Waals surface area contributed by atoms with Gasteiger partial charge in [0.1, 0.15) is 0 Å². The molecule has 1 heterocycles. The third-order valence-corrected chi connectivity index (χ3v) is 5.01. The van der Waals surface area contributed by atoms with Crippen LogP contribution in [0.4, 0.5) is 5.13 Å². The molecule has 1 aliphatic carbocycles. The molecule has 0 radical (unpaired) electrons. The second kappa shape index (κ2) is 7.57. The Morgan fingerprint density at radius 1 is 1.25 bits per heavy atom. The first-order valence-corrected chi connectivity index (χ1v) is 9.10. The number of nitrogens with one attached hydrogen (secondary N) is 2. The van der Waals surface area contributed by atoms with Crippen LogP contribution in [0.3, 0.4) is 0 Å². The highest BCUT2D eigenvalue weighted by atomic mass is 32.1. The van der Waals surface area contributed by atoms with Crippen molar-refractivity contribution in [3.8, 4) is 11.3 Å². The van der Waals surface area contributed by atoms with Crippen LogP contribution in [0.5, 0.6) is 0 Å². The average molecular weight is 343 g/mol. The standard InChI is InChI=1S/C18H21N3O2S/c1-12(22)19-10-9-13-5-7-14(8-6-13)16-11-24-18(20-16)21-17(23)15-3-2-4-15/h5-8,11,15H,2-4,9-10H2,1H3,(H,19,22)(H,20,21,23). The molecule has 3 rings (SSSR count). The molecule has 2 amide bonds. The molecule has 1 saturated carbocycles. The molecule has 0 bridgehead atoms. The maximum atomic E-state index is 12.0. The SMILES string of the molecule is CC(=O)NCCc1ccc(-c2csc(NC(=O)C3CCC3)n2)cc1. The first kappa shape index (κ1) is 16.6. The predicted octanol–water partition coefficient (Wildman–Crippen LogP) is 3.23. The molecule has 24 heavy (non-hydrogen) atoms. The highest BCUT2D eigenvalue weighted by molar-refractivity contribution is 7.14. The zero-order chi connectivity index (χ0) is 16.9. The summed E-state index contributed by atoms with van der Waals surface area (Å²) in [5.74, 6) is 0.251. The van der Waals surface area contributed by atoms with Crippen molar-refractivity contribution in [3.05, 3.63) is 35.2 Å². The Morgan fingerprint density at radius 2 is 2.00 bits per heavy atom. The van der Waals surface area contributed by atoms with E-state index in [1.54, 1.807) is 0 Å². The van der Waals surface area contributed by atoms with Crippen molar-refractivity contribution in [2.75, 3.05) is 11.9 Å². The minimum atomic E-state index is -0.00873. The van der Waals surface area contributed by atoms with Gasteiger partial charge in [-0.05, 0) is 24.8 Å². The van der Waals surface area contributed by atoms with Crippen LogP contribution in [0.15, 0.2) is 29.6 Å². The van der Waals surface area contributed by atoms with E-state index in [9.17, 15) is 9.59 Å².